The molecule has 1 aromatic heterocycles. The van der Waals surface area contributed by atoms with Crippen molar-refractivity contribution in [1.29, 1.82) is 0 Å². The second kappa shape index (κ2) is 16.8. The van der Waals surface area contributed by atoms with E-state index in [9.17, 15) is 18.4 Å². The highest BCUT2D eigenvalue weighted by molar-refractivity contribution is 5.92. The van der Waals surface area contributed by atoms with Crippen LogP contribution in [-0.4, -0.2) is 49.4 Å². The molecule has 0 aliphatic carbocycles. The molecule has 41 heavy (non-hydrogen) atoms. The molecular formula is C30H38F2N4O5. The molecule has 11 heteroatoms. The smallest absolute Gasteiger partial charge is 0.395 e. The molecule has 0 radical (unpaired) electrons. The van der Waals surface area contributed by atoms with Gasteiger partial charge in [0.05, 0.1) is 6.10 Å². The SMILES string of the molecule is CNC(C)=O.Cc1ccccc1NCc1ccnc(C(=O)NCCCOC(C)C)c1.FC1(F)Oc2ccccc2O1. The van der Waals surface area contributed by atoms with Crippen LogP contribution in [0.5, 0.6) is 11.5 Å². The number of rotatable bonds is 9. The van der Waals surface area contributed by atoms with Crippen LogP contribution in [0.25, 0.3) is 0 Å². The third-order valence-electron chi connectivity index (χ3n) is 5.40. The number of pyridine rings is 1. The number of aryl methyl sites for hydroxylation is 1. The van der Waals surface area contributed by atoms with Crippen molar-refractivity contribution in [2.45, 2.75) is 53.1 Å². The Hall–Kier alpha value is -4.25. The van der Waals surface area contributed by atoms with E-state index in [-0.39, 0.29) is 29.4 Å². The lowest BCUT2D eigenvalue weighted by atomic mass is 10.1. The van der Waals surface area contributed by atoms with Crippen LogP contribution in [0.3, 0.4) is 0 Å². The van der Waals surface area contributed by atoms with Gasteiger partial charge in [-0.1, -0.05) is 30.3 Å². The van der Waals surface area contributed by atoms with Crippen LogP contribution in [0.2, 0.25) is 0 Å². The highest BCUT2D eigenvalue weighted by atomic mass is 19.3. The van der Waals surface area contributed by atoms with Crippen molar-refractivity contribution in [2.75, 3.05) is 25.5 Å². The van der Waals surface area contributed by atoms with Crippen LogP contribution in [0.15, 0.2) is 66.9 Å². The van der Waals surface area contributed by atoms with E-state index in [1.165, 1.54) is 24.6 Å². The number of ether oxygens (including phenoxy) is 3. The van der Waals surface area contributed by atoms with Crippen molar-refractivity contribution in [3.63, 3.8) is 0 Å². The molecule has 222 valence electrons. The first kappa shape index (κ1) is 33.0. The summed E-state index contributed by atoms with van der Waals surface area (Å²) >= 11 is 0. The average Bonchev–Trinajstić information content (AvgIpc) is 3.26. The lowest BCUT2D eigenvalue weighted by Gasteiger charge is -2.10. The first-order chi connectivity index (χ1) is 19.5. The van der Waals surface area contributed by atoms with E-state index in [1.54, 1.807) is 25.4 Å². The van der Waals surface area contributed by atoms with E-state index in [2.05, 4.69) is 43.4 Å². The van der Waals surface area contributed by atoms with Gasteiger partial charge in [-0.05, 0) is 68.7 Å². The third kappa shape index (κ3) is 12.6. The number of benzene rings is 2. The maximum atomic E-state index is 12.3. The second-order valence-electron chi connectivity index (χ2n) is 9.17. The Morgan fingerprint density at radius 2 is 1.63 bits per heavy atom. The zero-order chi connectivity index (χ0) is 30.3. The van der Waals surface area contributed by atoms with Crippen molar-refractivity contribution in [3.05, 3.63) is 83.7 Å². The Morgan fingerprint density at radius 3 is 2.22 bits per heavy atom. The van der Waals surface area contributed by atoms with Crippen LogP contribution >= 0.6 is 0 Å². The highest BCUT2D eigenvalue weighted by Gasteiger charge is 2.42. The molecule has 1 aliphatic rings. The molecule has 0 unspecified atom stereocenters. The van der Waals surface area contributed by atoms with Gasteiger partial charge in [-0.25, -0.2) is 0 Å². The first-order valence-electron chi connectivity index (χ1n) is 13.2. The van der Waals surface area contributed by atoms with Crippen molar-refractivity contribution in [3.8, 4) is 11.5 Å². The number of halogens is 2. The number of hydrogen-bond acceptors (Lipinski definition) is 7. The van der Waals surface area contributed by atoms with Gasteiger partial charge in [0.2, 0.25) is 5.91 Å². The van der Waals surface area contributed by atoms with E-state index in [4.69, 9.17) is 4.74 Å². The molecule has 2 aromatic carbocycles. The summed E-state index contributed by atoms with van der Waals surface area (Å²) in [5.74, 6) is 0.0160. The minimum absolute atomic E-state index is 0.00463. The number of hydrogen-bond donors (Lipinski definition) is 3. The topological polar surface area (TPSA) is 111 Å². The van der Waals surface area contributed by atoms with Gasteiger partial charge in [0.1, 0.15) is 5.69 Å². The number of fused-ring (bicyclic) bond motifs is 1. The van der Waals surface area contributed by atoms with Gasteiger partial charge in [0.25, 0.3) is 5.91 Å². The van der Waals surface area contributed by atoms with Crippen molar-refractivity contribution in [2.24, 2.45) is 0 Å². The van der Waals surface area contributed by atoms with E-state index < -0.39 is 6.29 Å². The number of para-hydroxylation sites is 3. The summed E-state index contributed by atoms with van der Waals surface area (Å²) in [6.07, 6.45) is -0.817. The lowest BCUT2D eigenvalue weighted by Crippen LogP contribution is -2.26. The molecule has 3 aromatic rings. The highest BCUT2D eigenvalue weighted by Crippen LogP contribution is 2.40. The second-order valence-corrected chi connectivity index (χ2v) is 9.17. The minimum Gasteiger partial charge on any atom is -0.395 e. The molecule has 2 amide bonds. The van der Waals surface area contributed by atoms with Gasteiger partial charge in [0.15, 0.2) is 11.5 Å². The Kier molecular flexibility index (Phi) is 13.5. The average molecular weight is 573 g/mol. The van der Waals surface area contributed by atoms with Crippen molar-refractivity contribution < 1.29 is 32.6 Å². The molecule has 4 rings (SSSR count). The molecule has 0 saturated heterocycles. The predicted molar refractivity (Wildman–Crippen MR) is 153 cm³/mol. The van der Waals surface area contributed by atoms with E-state index in [0.29, 0.717) is 25.4 Å². The summed E-state index contributed by atoms with van der Waals surface area (Å²) in [5, 5.41) is 8.66. The number of nitrogens with zero attached hydrogens (tertiary/aromatic N) is 1. The van der Waals surface area contributed by atoms with Gasteiger partial charge in [-0.2, -0.15) is 0 Å². The van der Waals surface area contributed by atoms with Crippen LogP contribution in [0, 0.1) is 6.92 Å². The van der Waals surface area contributed by atoms with Crippen LogP contribution < -0.4 is 25.4 Å². The summed E-state index contributed by atoms with van der Waals surface area (Å²) in [6.45, 7) is 9.41. The fraction of sp³-hybridized carbons (Fsp3) is 0.367. The largest absolute Gasteiger partial charge is 0.586 e. The number of amides is 2. The molecule has 0 atom stereocenters. The normalized spacial score (nSPS) is 12.3. The molecule has 0 saturated carbocycles. The summed E-state index contributed by atoms with van der Waals surface area (Å²) in [6, 6.07) is 17.9. The van der Waals surface area contributed by atoms with Gasteiger partial charge in [0, 0.05) is 45.6 Å². The van der Waals surface area contributed by atoms with Gasteiger partial charge >= 0.3 is 6.29 Å². The van der Waals surface area contributed by atoms with Gasteiger partial charge in [-0.15, -0.1) is 8.78 Å². The van der Waals surface area contributed by atoms with Crippen LogP contribution in [0.1, 0.15) is 48.8 Å². The zero-order valence-electron chi connectivity index (χ0n) is 24.0. The lowest BCUT2D eigenvalue weighted by molar-refractivity contribution is -0.286. The Morgan fingerprint density at radius 1 is 1.02 bits per heavy atom. The molecule has 0 fully saturated rings. The van der Waals surface area contributed by atoms with Crippen LogP contribution in [0.4, 0.5) is 14.5 Å². The number of anilines is 1. The Balaban J connectivity index is 0.000000299. The summed E-state index contributed by atoms with van der Waals surface area (Å²) in [7, 11) is 1.60. The molecule has 9 nitrogen and oxygen atoms in total. The zero-order valence-corrected chi connectivity index (χ0v) is 24.0. The third-order valence-corrected chi connectivity index (χ3v) is 5.40. The number of carbonyl (C=O) groups excluding carboxylic acids is 2. The van der Waals surface area contributed by atoms with E-state index in [0.717, 1.165) is 17.7 Å². The van der Waals surface area contributed by atoms with Gasteiger partial charge in [-0.3, -0.25) is 14.6 Å². The molecule has 3 N–H and O–H groups in total. The number of nitrogens with one attached hydrogen (secondary N) is 3. The van der Waals surface area contributed by atoms with Crippen molar-refractivity contribution >= 4 is 17.5 Å². The van der Waals surface area contributed by atoms with Crippen LogP contribution in [-0.2, 0) is 16.1 Å². The molecule has 2 heterocycles. The van der Waals surface area contributed by atoms with Gasteiger partial charge < -0.3 is 30.2 Å². The minimum atomic E-state index is -3.50. The van der Waals surface area contributed by atoms with Crippen molar-refractivity contribution in [1.82, 2.24) is 15.6 Å². The number of alkyl halides is 2. The summed E-state index contributed by atoms with van der Waals surface area (Å²) in [5.41, 5.74) is 3.74. The Bertz CT molecular complexity index is 1230. The quantitative estimate of drug-likeness (QED) is 0.298. The van der Waals surface area contributed by atoms with E-state index >= 15 is 0 Å². The fourth-order valence-corrected chi connectivity index (χ4v) is 3.26. The standard InChI is InChI=1S/C20H27N3O2.C7H4F2O2.C3H7NO/c1-15(2)25-12-6-10-22-20(24)19-13-17(9-11-21-19)14-23-18-8-5-4-7-16(18)3;8-7(9)10-5-3-1-2-4-6(5)11-7;1-3(5)4-2/h4-5,7-9,11,13,15,23H,6,10,12,14H2,1-3H3,(H,22,24);1-4H;1-2H3,(H,4,5). The molecule has 0 bridgehead atoms. The first-order valence-corrected chi connectivity index (χ1v) is 13.2. The Labute approximate surface area is 239 Å². The molecular weight excluding hydrogens is 534 g/mol. The number of carbonyl (C=O) groups is 2. The predicted octanol–water partition coefficient (Wildman–Crippen LogP) is 5.31. The number of aromatic nitrogens is 1. The maximum absolute atomic E-state index is 12.3. The summed E-state index contributed by atoms with van der Waals surface area (Å²) in [4.78, 5) is 26.1. The maximum Gasteiger partial charge on any atom is 0.586 e. The molecule has 0 spiro atoms. The monoisotopic (exact) mass is 572 g/mol. The van der Waals surface area contributed by atoms with E-state index in [1.807, 2.05) is 44.2 Å². The summed E-state index contributed by atoms with van der Waals surface area (Å²) < 4.78 is 38.3. The fourth-order valence-electron chi connectivity index (χ4n) is 3.26. The molecule has 1 aliphatic heterocycles.